The minimum absolute atomic E-state index is 0.0833. The van der Waals surface area contributed by atoms with Crippen molar-refractivity contribution in [1.82, 2.24) is 19.2 Å². The highest BCUT2D eigenvalue weighted by Gasteiger charge is 2.23. The molecule has 0 N–H and O–H groups in total. The topological polar surface area (TPSA) is 47.6 Å². The fourth-order valence-corrected chi connectivity index (χ4v) is 4.06. The van der Waals surface area contributed by atoms with Crippen molar-refractivity contribution in [3.8, 4) is 5.75 Å². The first-order chi connectivity index (χ1) is 14.2. The van der Waals surface area contributed by atoms with Crippen molar-refractivity contribution in [3.63, 3.8) is 0 Å². The van der Waals surface area contributed by atoms with Gasteiger partial charge in [0.1, 0.15) is 17.4 Å². The minimum Gasteiger partial charge on any atom is -0.490 e. The summed E-state index contributed by atoms with van der Waals surface area (Å²) in [5, 5.41) is 5.15. The summed E-state index contributed by atoms with van der Waals surface area (Å²) >= 11 is 0. The number of alkyl halides is 2. The number of benzene rings is 1. The monoisotopic (exact) mass is 397 g/mol. The average Bonchev–Trinajstić information content (AvgIpc) is 3.36. The first kappa shape index (κ1) is 17.9. The van der Waals surface area contributed by atoms with Gasteiger partial charge in [0.15, 0.2) is 5.82 Å². The Bertz CT molecular complexity index is 1130. The van der Waals surface area contributed by atoms with Crippen LogP contribution in [0.4, 0.5) is 14.6 Å². The van der Waals surface area contributed by atoms with Gasteiger partial charge in [-0.25, -0.2) is 18.3 Å². The third-order valence-corrected chi connectivity index (χ3v) is 5.45. The number of anilines is 1. The summed E-state index contributed by atoms with van der Waals surface area (Å²) < 4.78 is 35.3. The molecule has 0 aliphatic carbocycles. The maximum atomic E-state index is 12.8. The summed E-state index contributed by atoms with van der Waals surface area (Å²) in [6.07, 6.45) is 6.52. The molecule has 0 atom stereocenters. The van der Waals surface area contributed by atoms with Crippen LogP contribution in [0, 0.1) is 0 Å². The van der Waals surface area contributed by atoms with Gasteiger partial charge in [-0.1, -0.05) is 6.07 Å². The summed E-state index contributed by atoms with van der Waals surface area (Å²) in [5.41, 5.74) is 1.77. The lowest BCUT2D eigenvalue weighted by Crippen LogP contribution is -2.38. The molecule has 0 spiro atoms. The number of aromatic nitrogens is 4. The Morgan fingerprint density at radius 2 is 1.90 bits per heavy atom. The van der Waals surface area contributed by atoms with Crippen molar-refractivity contribution in [2.45, 2.75) is 31.9 Å². The zero-order chi connectivity index (χ0) is 19.8. The van der Waals surface area contributed by atoms with Gasteiger partial charge < -0.3 is 14.2 Å². The smallest absolute Gasteiger partial charge is 0.256 e. The molecule has 150 valence electrons. The van der Waals surface area contributed by atoms with E-state index in [2.05, 4.69) is 15.0 Å². The highest BCUT2D eigenvalue weighted by Crippen LogP contribution is 2.30. The molecule has 1 saturated heterocycles. The number of fused-ring (bicyclic) bond motifs is 2. The van der Waals surface area contributed by atoms with Gasteiger partial charge in [0.2, 0.25) is 0 Å². The Kier molecular flexibility index (Phi) is 4.54. The number of halogens is 2. The average molecular weight is 397 g/mol. The number of rotatable bonds is 5. The molecule has 0 saturated carbocycles. The zero-order valence-electron chi connectivity index (χ0n) is 15.8. The van der Waals surface area contributed by atoms with Crippen molar-refractivity contribution in [3.05, 3.63) is 55.1 Å². The highest BCUT2D eigenvalue weighted by molar-refractivity contribution is 5.86. The van der Waals surface area contributed by atoms with Crippen molar-refractivity contribution < 1.29 is 13.5 Å². The van der Waals surface area contributed by atoms with Crippen LogP contribution in [0.1, 0.15) is 12.8 Å². The van der Waals surface area contributed by atoms with E-state index >= 15 is 0 Å². The lowest BCUT2D eigenvalue weighted by atomic mass is 10.1. The Labute approximate surface area is 166 Å². The van der Waals surface area contributed by atoms with Gasteiger partial charge in [-0.15, -0.1) is 0 Å². The maximum Gasteiger partial charge on any atom is 0.256 e. The minimum atomic E-state index is -2.38. The van der Waals surface area contributed by atoms with Crippen molar-refractivity contribution in [1.29, 1.82) is 0 Å². The maximum absolute atomic E-state index is 12.8. The number of piperidine rings is 1. The number of ether oxygens (including phenoxy) is 1. The number of hydrogen-bond donors (Lipinski definition) is 0. The first-order valence-corrected chi connectivity index (χ1v) is 9.75. The highest BCUT2D eigenvalue weighted by atomic mass is 19.3. The zero-order valence-corrected chi connectivity index (χ0v) is 15.8. The van der Waals surface area contributed by atoms with E-state index in [1.54, 1.807) is 23.2 Å². The third-order valence-electron chi connectivity index (χ3n) is 5.45. The van der Waals surface area contributed by atoms with Crippen molar-refractivity contribution in [2.24, 2.45) is 0 Å². The van der Waals surface area contributed by atoms with Gasteiger partial charge in [-0.3, -0.25) is 0 Å². The van der Waals surface area contributed by atoms with E-state index in [-0.39, 0.29) is 12.6 Å². The van der Waals surface area contributed by atoms with E-state index in [4.69, 9.17) is 4.74 Å². The van der Waals surface area contributed by atoms with Crippen LogP contribution >= 0.6 is 0 Å². The van der Waals surface area contributed by atoms with Crippen LogP contribution in [0.5, 0.6) is 5.75 Å². The second-order valence-corrected chi connectivity index (χ2v) is 7.26. The molecule has 8 heteroatoms. The molecule has 29 heavy (non-hydrogen) atoms. The van der Waals surface area contributed by atoms with E-state index in [1.807, 2.05) is 41.0 Å². The number of nitrogens with zero attached hydrogens (tertiary/aromatic N) is 5. The molecular formula is C21H21F2N5O. The van der Waals surface area contributed by atoms with Crippen LogP contribution in [0.15, 0.2) is 55.1 Å². The van der Waals surface area contributed by atoms with Crippen LogP contribution < -0.4 is 9.64 Å². The Morgan fingerprint density at radius 1 is 1.03 bits per heavy atom. The van der Waals surface area contributed by atoms with Crippen LogP contribution in [0.25, 0.3) is 16.4 Å². The largest absolute Gasteiger partial charge is 0.490 e. The van der Waals surface area contributed by atoms with Gasteiger partial charge in [-0.2, -0.15) is 5.10 Å². The van der Waals surface area contributed by atoms with Gasteiger partial charge in [0.05, 0.1) is 18.3 Å². The Morgan fingerprint density at radius 3 is 2.72 bits per heavy atom. The molecule has 0 radical (unpaired) electrons. The predicted molar refractivity (Wildman–Crippen MR) is 107 cm³/mol. The van der Waals surface area contributed by atoms with Gasteiger partial charge in [0, 0.05) is 49.9 Å². The molecule has 1 fully saturated rings. The van der Waals surface area contributed by atoms with Gasteiger partial charge >= 0.3 is 0 Å². The molecule has 3 aromatic heterocycles. The summed E-state index contributed by atoms with van der Waals surface area (Å²) in [7, 11) is 0. The SMILES string of the molecule is FC(F)Cn1ccc2c(OC3CCN(c4nccn5nccc45)CC3)cccc21. The molecule has 1 aliphatic heterocycles. The molecule has 4 aromatic rings. The molecule has 4 heterocycles. The van der Waals surface area contributed by atoms with Gasteiger partial charge in [0.25, 0.3) is 6.43 Å². The molecule has 1 aliphatic rings. The summed E-state index contributed by atoms with van der Waals surface area (Å²) in [4.78, 5) is 6.80. The molecule has 6 nitrogen and oxygen atoms in total. The van der Waals surface area contributed by atoms with Crippen LogP contribution in [-0.2, 0) is 6.54 Å². The van der Waals surface area contributed by atoms with Crippen LogP contribution in [0.3, 0.4) is 0 Å². The fourth-order valence-electron chi connectivity index (χ4n) is 4.06. The molecule has 1 aromatic carbocycles. The Balaban J connectivity index is 1.30. The molecule has 0 amide bonds. The lowest BCUT2D eigenvalue weighted by Gasteiger charge is -2.33. The molecule has 0 bridgehead atoms. The predicted octanol–water partition coefficient (Wildman–Crippen LogP) is 4.00. The first-order valence-electron chi connectivity index (χ1n) is 9.75. The fraction of sp³-hybridized carbons (Fsp3) is 0.333. The van der Waals surface area contributed by atoms with E-state index in [0.29, 0.717) is 0 Å². The van der Waals surface area contributed by atoms with Crippen molar-refractivity contribution >= 4 is 22.2 Å². The summed E-state index contributed by atoms with van der Waals surface area (Å²) in [6.45, 7) is 1.37. The lowest BCUT2D eigenvalue weighted by molar-refractivity contribution is 0.128. The normalized spacial score (nSPS) is 15.6. The van der Waals surface area contributed by atoms with Crippen LogP contribution in [-0.4, -0.2) is 44.8 Å². The Hall–Kier alpha value is -3.16. The van der Waals surface area contributed by atoms with Crippen LogP contribution in [0.2, 0.25) is 0 Å². The quantitative estimate of drug-likeness (QED) is 0.511. The van der Waals surface area contributed by atoms with E-state index in [9.17, 15) is 8.78 Å². The molecular weight excluding hydrogens is 376 g/mol. The molecule has 5 rings (SSSR count). The standard InChI is InChI=1S/C21H21F2N5O/c22-20(23)14-27-12-7-16-17(27)2-1-3-19(16)29-15-5-10-26(11-6-15)21-18-4-8-25-28(18)13-9-24-21/h1-4,7-9,12-13,15,20H,5-6,10-11,14H2. The second kappa shape index (κ2) is 7.35. The second-order valence-electron chi connectivity index (χ2n) is 7.26. The van der Waals surface area contributed by atoms with Crippen molar-refractivity contribution in [2.75, 3.05) is 18.0 Å². The number of hydrogen-bond acceptors (Lipinski definition) is 4. The van der Waals surface area contributed by atoms with E-state index in [1.165, 1.54) is 0 Å². The van der Waals surface area contributed by atoms with E-state index in [0.717, 1.165) is 53.9 Å². The van der Waals surface area contributed by atoms with E-state index < -0.39 is 6.43 Å². The van der Waals surface area contributed by atoms with Gasteiger partial charge in [-0.05, 0) is 24.3 Å². The third kappa shape index (κ3) is 3.39. The molecule has 0 unspecified atom stereocenters. The summed E-state index contributed by atoms with van der Waals surface area (Å²) in [5.74, 6) is 1.69. The summed E-state index contributed by atoms with van der Waals surface area (Å²) in [6, 6.07) is 9.45.